The SMILES string of the molecule is Cc1ccc(-c2csc(NC(=O)CNC(=O)c3ccc(F)cc3F)n2)s1. The van der Waals surface area contributed by atoms with Crippen molar-refractivity contribution in [3.63, 3.8) is 0 Å². The summed E-state index contributed by atoms with van der Waals surface area (Å²) in [5, 5.41) is 7.09. The molecule has 2 aromatic heterocycles. The maximum Gasteiger partial charge on any atom is 0.254 e. The normalized spacial score (nSPS) is 10.6. The molecule has 0 aliphatic carbocycles. The molecule has 5 nitrogen and oxygen atoms in total. The summed E-state index contributed by atoms with van der Waals surface area (Å²) >= 11 is 2.87. The minimum atomic E-state index is -0.987. The van der Waals surface area contributed by atoms with Gasteiger partial charge in [-0.15, -0.1) is 22.7 Å². The van der Waals surface area contributed by atoms with Gasteiger partial charge in [0.2, 0.25) is 5.91 Å². The topological polar surface area (TPSA) is 71.1 Å². The van der Waals surface area contributed by atoms with Gasteiger partial charge in [0.15, 0.2) is 5.13 Å². The summed E-state index contributed by atoms with van der Waals surface area (Å²) in [6, 6.07) is 6.55. The quantitative estimate of drug-likeness (QED) is 0.692. The van der Waals surface area contributed by atoms with E-state index in [1.165, 1.54) is 11.3 Å². The number of hydrogen-bond acceptors (Lipinski definition) is 5. The number of carbonyl (C=O) groups excluding carboxylic acids is 2. The van der Waals surface area contributed by atoms with Crippen molar-refractivity contribution in [3.05, 3.63) is 57.8 Å². The van der Waals surface area contributed by atoms with Crippen molar-refractivity contribution in [3.8, 4) is 10.6 Å². The molecule has 2 N–H and O–H groups in total. The number of aryl methyl sites for hydroxylation is 1. The van der Waals surface area contributed by atoms with Crippen LogP contribution >= 0.6 is 22.7 Å². The average Bonchev–Trinajstić information content (AvgIpc) is 3.21. The van der Waals surface area contributed by atoms with E-state index in [4.69, 9.17) is 0 Å². The number of thiophene rings is 1. The number of nitrogens with zero attached hydrogens (tertiary/aromatic N) is 1. The molecule has 0 aliphatic heterocycles. The van der Waals surface area contributed by atoms with Gasteiger partial charge in [0, 0.05) is 16.3 Å². The number of hydrogen-bond donors (Lipinski definition) is 2. The third-order valence-corrected chi connectivity index (χ3v) is 5.11. The molecular weight excluding hydrogens is 380 g/mol. The Hall–Kier alpha value is -2.65. The molecule has 0 fully saturated rings. The molecule has 26 heavy (non-hydrogen) atoms. The lowest BCUT2D eigenvalue weighted by atomic mass is 10.2. The number of amides is 2. The summed E-state index contributed by atoms with van der Waals surface area (Å²) in [5.74, 6) is -3.06. The molecule has 3 rings (SSSR count). The first-order valence-electron chi connectivity index (χ1n) is 7.48. The molecule has 0 atom stereocenters. The zero-order chi connectivity index (χ0) is 18.7. The Balaban J connectivity index is 1.56. The molecule has 1 aromatic carbocycles. The van der Waals surface area contributed by atoms with Gasteiger partial charge in [0.25, 0.3) is 5.91 Å². The van der Waals surface area contributed by atoms with Crippen molar-refractivity contribution in [2.24, 2.45) is 0 Å². The summed E-state index contributed by atoms with van der Waals surface area (Å²) < 4.78 is 26.4. The van der Waals surface area contributed by atoms with Crippen LogP contribution in [0.25, 0.3) is 10.6 Å². The second kappa shape index (κ2) is 7.71. The Morgan fingerprint density at radius 1 is 1.19 bits per heavy atom. The van der Waals surface area contributed by atoms with Crippen LogP contribution in [-0.4, -0.2) is 23.3 Å². The molecule has 0 radical (unpaired) electrons. The highest BCUT2D eigenvalue weighted by Gasteiger charge is 2.14. The molecule has 2 amide bonds. The minimum absolute atomic E-state index is 0.330. The third kappa shape index (κ3) is 4.30. The lowest BCUT2D eigenvalue weighted by Crippen LogP contribution is -2.33. The molecular formula is C17H13F2N3O2S2. The van der Waals surface area contributed by atoms with E-state index in [1.807, 2.05) is 24.4 Å². The van der Waals surface area contributed by atoms with Crippen LogP contribution in [0.1, 0.15) is 15.2 Å². The predicted molar refractivity (Wildman–Crippen MR) is 97.5 cm³/mol. The van der Waals surface area contributed by atoms with Crippen molar-refractivity contribution in [1.29, 1.82) is 0 Å². The fourth-order valence-electron chi connectivity index (χ4n) is 2.11. The van der Waals surface area contributed by atoms with Gasteiger partial charge >= 0.3 is 0 Å². The van der Waals surface area contributed by atoms with Crippen LogP contribution in [-0.2, 0) is 4.79 Å². The maximum absolute atomic E-state index is 13.5. The molecule has 0 aliphatic rings. The van der Waals surface area contributed by atoms with E-state index in [9.17, 15) is 18.4 Å². The van der Waals surface area contributed by atoms with Crippen LogP contribution in [0.15, 0.2) is 35.7 Å². The van der Waals surface area contributed by atoms with E-state index in [1.54, 1.807) is 11.3 Å². The van der Waals surface area contributed by atoms with E-state index in [2.05, 4.69) is 15.6 Å². The first kappa shape index (κ1) is 18.2. The van der Waals surface area contributed by atoms with Crippen molar-refractivity contribution >= 4 is 39.6 Å². The molecule has 3 aromatic rings. The highest BCUT2D eigenvalue weighted by atomic mass is 32.1. The lowest BCUT2D eigenvalue weighted by molar-refractivity contribution is -0.115. The Labute approximate surface area is 155 Å². The molecule has 0 saturated carbocycles. The number of benzene rings is 1. The Morgan fingerprint density at radius 3 is 2.69 bits per heavy atom. The van der Waals surface area contributed by atoms with Gasteiger partial charge < -0.3 is 10.6 Å². The minimum Gasteiger partial charge on any atom is -0.343 e. The van der Waals surface area contributed by atoms with E-state index in [0.29, 0.717) is 11.2 Å². The largest absolute Gasteiger partial charge is 0.343 e. The first-order valence-corrected chi connectivity index (χ1v) is 9.17. The Morgan fingerprint density at radius 2 is 2.00 bits per heavy atom. The lowest BCUT2D eigenvalue weighted by Gasteiger charge is -2.06. The number of rotatable bonds is 5. The number of thiazole rings is 1. The van der Waals surface area contributed by atoms with Gasteiger partial charge in [-0.2, -0.15) is 0 Å². The van der Waals surface area contributed by atoms with E-state index < -0.39 is 23.4 Å². The van der Waals surface area contributed by atoms with Gasteiger partial charge in [-0.1, -0.05) is 0 Å². The van der Waals surface area contributed by atoms with E-state index in [-0.39, 0.29) is 12.1 Å². The summed E-state index contributed by atoms with van der Waals surface area (Å²) in [6.07, 6.45) is 0. The smallest absolute Gasteiger partial charge is 0.254 e. The summed E-state index contributed by atoms with van der Waals surface area (Å²) in [5.41, 5.74) is 0.435. The number of anilines is 1. The fourth-order valence-corrected chi connectivity index (χ4v) is 3.74. The average molecular weight is 393 g/mol. The second-order valence-corrected chi connectivity index (χ2v) is 7.45. The predicted octanol–water partition coefficient (Wildman–Crippen LogP) is 3.83. The highest BCUT2D eigenvalue weighted by molar-refractivity contribution is 7.17. The van der Waals surface area contributed by atoms with Crippen molar-refractivity contribution in [1.82, 2.24) is 10.3 Å². The van der Waals surface area contributed by atoms with Crippen LogP contribution < -0.4 is 10.6 Å². The third-order valence-electron chi connectivity index (χ3n) is 3.33. The number of carbonyl (C=O) groups is 2. The van der Waals surface area contributed by atoms with Gasteiger partial charge in [0.1, 0.15) is 11.6 Å². The van der Waals surface area contributed by atoms with Crippen LogP contribution in [0, 0.1) is 18.6 Å². The Bertz CT molecular complexity index is 969. The zero-order valence-electron chi connectivity index (χ0n) is 13.5. The van der Waals surface area contributed by atoms with Crippen molar-refractivity contribution in [2.75, 3.05) is 11.9 Å². The van der Waals surface area contributed by atoms with Crippen LogP contribution in [0.2, 0.25) is 0 Å². The monoisotopic (exact) mass is 393 g/mol. The Kier molecular flexibility index (Phi) is 5.38. The van der Waals surface area contributed by atoms with E-state index in [0.717, 1.165) is 27.6 Å². The van der Waals surface area contributed by atoms with Gasteiger partial charge in [-0.25, -0.2) is 13.8 Å². The summed E-state index contributed by atoms with van der Waals surface area (Å²) in [6.45, 7) is 1.64. The maximum atomic E-state index is 13.5. The van der Waals surface area contributed by atoms with Crippen molar-refractivity contribution < 1.29 is 18.4 Å². The fraction of sp³-hybridized carbons (Fsp3) is 0.118. The standard InChI is InChI=1S/C17H13F2N3O2S2/c1-9-2-5-14(26-9)13-8-25-17(21-13)22-15(23)7-20-16(24)11-4-3-10(18)6-12(11)19/h2-6,8H,7H2,1H3,(H,20,24)(H,21,22,23). The van der Waals surface area contributed by atoms with Crippen molar-refractivity contribution in [2.45, 2.75) is 6.92 Å². The molecule has 0 saturated heterocycles. The highest BCUT2D eigenvalue weighted by Crippen LogP contribution is 2.30. The molecule has 134 valence electrons. The number of halogens is 2. The summed E-state index contributed by atoms with van der Waals surface area (Å²) in [4.78, 5) is 30.3. The molecule has 0 spiro atoms. The van der Waals surface area contributed by atoms with E-state index >= 15 is 0 Å². The van der Waals surface area contributed by atoms with Crippen LogP contribution in [0.5, 0.6) is 0 Å². The second-order valence-electron chi connectivity index (χ2n) is 5.30. The zero-order valence-corrected chi connectivity index (χ0v) is 15.1. The molecule has 0 bridgehead atoms. The molecule has 0 unspecified atom stereocenters. The van der Waals surface area contributed by atoms with Gasteiger partial charge in [-0.05, 0) is 31.2 Å². The summed E-state index contributed by atoms with van der Waals surface area (Å²) in [7, 11) is 0. The number of nitrogens with one attached hydrogen (secondary N) is 2. The molecule has 2 heterocycles. The molecule has 9 heteroatoms. The number of aromatic nitrogens is 1. The van der Waals surface area contributed by atoms with Gasteiger partial charge in [0.05, 0.1) is 22.7 Å². The van der Waals surface area contributed by atoms with Gasteiger partial charge in [-0.3, -0.25) is 9.59 Å². The van der Waals surface area contributed by atoms with Crippen LogP contribution in [0.4, 0.5) is 13.9 Å². The van der Waals surface area contributed by atoms with Crippen LogP contribution in [0.3, 0.4) is 0 Å². The first-order chi connectivity index (χ1) is 12.4.